The lowest BCUT2D eigenvalue weighted by atomic mass is 10.2. The van der Waals surface area contributed by atoms with Crippen LogP contribution in [0.1, 0.15) is 0 Å². The molecule has 13 heavy (non-hydrogen) atoms. The largest absolute Gasteiger partial charge is 0.496 e. The summed E-state index contributed by atoms with van der Waals surface area (Å²) in [5.74, 6) is 0.879. The van der Waals surface area contributed by atoms with Crippen LogP contribution in [0.15, 0.2) is 26.9 Å². The Hall–Kier alpha value is -0.190. The number of hydrogen-bond donors (Lipinski definition) is 1. The van der Waals surface area contributed by atoms with E-state index >= 15 is 0 Å². The van der Waals surface area contributed by atoms with Gasteiger partial charge in [0, 0.05) is 15.0 Å². The van der Waals surface area contributed by atoms with Gasteiger partial charge in [-0.1, -0.05) is 0 Å². The van der Waals surface area contributed by atoms with Gasteiger partial charge in [0.05, 0.1) is 10.9 Å². The summed E-state index contributed by atoms with van der Waals surface area (Å²) in [6.45, 7) is 0. The van der Waals surface area contributed by atoms with Crippen molar-refractivity contribution in [1.82, 2.24) is 0 Å². The van der Waals surface area contributed by atoms with Gasteiger partial charge in [-0.05, 0) is 34.1 Å². The Bertz CT molecular complexity index is 450. The summed E-state index contributed by atoms with van der Waals surface area (Å²) in [4.78, 5) is 0.929. The molecule has 0 spiro atoms. The molecule has 0 atom stereocenters. The number of methoxy groups -OCH3 is 1. The Labute approximate surface area is 94.3 Å². The zero-order valence-corrected chi connectivity index (χ0v) is 10.2. The van der Waals surface area contributed by atoms with Gasteiger partial charge in [0.25, 0.3) is 0 Å². The van der Waals surface area contributed by atoms with Crippen molar-refractivity contribution in [2.45, 2.75) is 4.90 Å². The average molecular weight is 275 g/mol. The Morgan fingerprint density at radius 3 is 2.85 bits per heavy atom. The number of hydrogen-bond acceptors (Lipinski definition) is 3. The molecule has 0 saturated carbocycles. The molecule has 2 rings (SSSR count). The fourth-order valence-electron chi connectivity index (χ4n) is 1.23. The summed E-state index contributed by atoms with van der Waals surface area (Å²) >= 11 is 9.44. The summed E-state index contributed by atoms with van der Waals surface area (Å²) in [6, 6.07) is 6.02. The highest BCUT2D eigenvalue weighted by atomic mass is 79.9. The first-order valence-corrected chi connectivity index (χ1v) is 5.72. The third-order valence-corrected chi connectivity index (χ3v) is 3.62. The van der Waals surface area contributed by atoms with Gasteiger partial charge in [0.1, 0.15) is 5.75 Å². The summed E-state index contributed by atoms with van der Waals surface area (Å²) < 4.78 is 7.56. The van der Waals surface area contributed by atoms with Gasteiger partial charge in [-0.25, -0.2) is 0 Å². The van der Waals surface area contributed by atoms with Crippen molar-refractivity contribution < 1.29 is 4.74 Å². The first-order valence-electron chi connectivity index (χ1n) is 3.67. The lowest BCUT2D eigenvalue weighted by Gasteiger charge is -2.01. The minimum Gasteiger partial charge on any atom is -0.496 e. The highest BCUT2D eigenvalue weighted by Gasteiger charge is 2.06. The van der Waals surface area contributed by atoms with E-state index in [0.29, 0.717) is 0 Å². The average Bonchev–Trinajstić information content (AvgIpc) is 2.43. The van der Waals surface area contributed by atoms with E-state index in [4.69, 9.17) is 4.74 Å². The van der Waals surface area contributed by atoms with E-state index in [0.717, 1.165) is 19.8 Å². The maximum atomic E-state index is 5.26. The van der Waals surface area contributed by atoms with E-state index in [-0.39, 0.29) is 0 Å². The molecule has 0 aliphatic carbocycles. The Balaban J connectivity index is 2.80. The summed E-state index contributed by atoms with van der Waals surface area (Å²) in [5.41, 5.74) is 0. The molecule has 0 fully saturated rings. The molecule has 0 N–H and O–H groups in total. The standard InChI is InChI=1S/C9H7BrOS2/c1-11-7-2-5(12)3-8-6(7)4-9(10)13-8/h2-4,12H,1H3. The third kappa shape index (κ3) is 1.71. The van der Waals surface area contributed by atoms with Crippen LogP contribution >= 0.6 is 39.9 Å². The zero-order valence-electron chi connectivity index (χ0n) is 6.87. The van der Waals surface area contributed by atoms with Crippen LogP contribution < -0.4 is 4.74 Å². The van der Waals surface area contributed by atoms with Crippen LogP contribution in [0.4, 0.5) is 0 Å². The second-order valence-electron chi connectivity index (χ2n) is 2.61. The number of thiophene rings is 1. The van der Waals surface area contributed by atoms with Gasteiger partial charge in [-0.3, -0.25) is 0 Å². The van der Waals surface area contributed by atoms with E-state index in [1.165, 1.54) is 4.70 Å². The number of halogens is 1. The molecule has 0 aliphatic rings. The molecule has 1 nitrogen and oxygen atoms in total. The van der Waals surface area contributed by atoms with Gasteiger partial charge >= 0.3 is 0 Å². The van der Waals surface area contributed by atoms with E-state index in [1.54, 1.807) is 18.4 Å². The molecule has 0 unspecified atom stereocenters. The van der Waals surface area contributed by atoms with E-state index < -0.39 is 0 Å². The van der Waals surface area contributed by atoms with Crippen LogP contribution in [0, 0.1) is 0 Å². The normalized spacial score (nSPS) is 10.7. The number of ether oxygens (including phenoxy) is 1. The second kappa shape index (κ2) is 3.52. The summed E-state index contributed by atoms with van der Waals surface area (Å²) in [7, 11) is 1.67. The summed E-state index contributed by atoms with van der Waals surface area (Å²) in [5, 5.41) is 1.14. The second-order valence-corrected chi connectivity index (χ2v) is 5.59. The van der Waals surface area contributed by atoms with Crippen molar-refractivity contribution in [3.63, 3.8) is 0 Å². The SMILES string of the molecule is COc1cc(S)cc2sc(Br)cc12. The van der Waals surface area contributed by atoms with E-state index in [9.17, 15) is 0 Å². The molecule has 1 aromatic heterocycles. The molecule has 0 amide bonds. The van der Waals surface area contributed by atoms with Crippen molar-refractivity contribution in [2.24, 2.45) is 0 Å². The van der Waals surface area contributed by atoms with E-state index in [1.807, 2.05) is 12.1 Å². The maximum Gasteiger partial charge on any atom is 0.128 e. The van der Waals surface area contributed by atoms with Crippen LogP contribution in [0.2, 0.25) is 0 Å². The predicted octanol–water partition coefficient (Wildman–Crippen LogP) is 3.96. The molecule has 4 heteroatoms. The van der Waals surface area contributed by atoms with Gasteiger partial charge in [-0.15, -0.1) is 24.0 Å². The molecular weight excluding hydrogens is 268 g/mol. The minimum absolute atomic E-state index is 0.879. The molecule has 0 radical (unpaired) electrons. The fraction of sp³-hybridized carbons (Fsp3) is 0.111. The highest BCUT2D eigenvalue weighted by Crippen LogP contribution is 2.37. The lowest BCUT2D eigenvalue weighted by molar-refractivity contribution is 0.419. The van der Waals surface area contributed by atoms with Crippen LogP contribution in [0.25, 0.3) is 10.1 Å². The Morgan fingerprint density at radius 2 is 2.15 bits per heavy atom. The number of benzene rings is 1. The Kier molecular flexibility index (Phi) is 2.53. The summed E-state index contributed by atoms with van der Waals surface area (Å²) in [6.07, 6.45) is 0. The molecule has 1 heterocycles. The topological polar surface area (TPSA) is 9.23 Å². The van der Waals surface area contributed by atoms with Crippen LogP contribution in [0.5, 0.6) is 5.75 Å². The first-order chi connectivity index (χ1) is 6.20. The van der Waals surface area contributed by atoms with E-state index in [2.05, 4.69) is 34.6 Å². The molecule has 0 bridgehead atoms. The predicted molar refractivity (Wildman–Crippen MR) is 63.3 cm³/mol. The Morgan fingerprint density at radius 1 is 1.38 bits per heavy atom. The fourth-order valence-corrected chi connectivity index (χ4v) is 3.16. The van der Waals surface area contributed by atoms with Gasteiger partial charge in [0.2, 0.25) is 0 Å². The number of fused-ring (bicyclic) bond motifs is 1. The molecule has 2 aromatic rings. The lowest BCUT2D eigenvalue weighted by Crippen LogP contribution is -1.82. The van der Waals surface area contributed by atoms with Crippen molar-refractivity contribution in [1.29, 1.82) is 0 Å². The zero-order chi connectivity index (χ0) is 9.42. The van der Waals surface area contributed by atoms with Crippen LogP contribution in [0.3, 0.4) is 0 Å². The molecular formula is C9H7BrOS2. The van der Waals surface area contributed by atoms with Crippen LogP contribution in [-0.4, -0.2) is 7.11 Å². The molecule has 0 aliphatic heterocycles. The molecule has 1 aromatic carbocycles. The van der Waals surface area contributed by atoms with Crippen molar-refractivity contribution in [2.75, 3.05) is 7.11 Å². The monoisotopic (exact) mass is 274 g/mol. The third-order valence-electron chi connectivity index (χ3n) is 1.77. The van der Waals surface area contributed by atoms with Gasteiger partial charge in [0.15, 0.2) is 0 Å². The first kappa shape index (κ1) is 9.37. The highest BCUT2D eigenvalue weighted by molar-refractivity contribution is 9.11. The van der Waals surface area contributed by atoms with Gasteiger partial charge in [-0.2, -0.15) is 0 Å². The number of thiol groups is 1. The number of rotatable bonds is 1. The molecule has 0 saturated heterocycles. The quantitative estimate of drug-likeness (QED) is 0.775. The maximum absolute atomic E-state index is 5.26. The minimum atomic E-state index is 0.879. The van der Waals surface area contributed by atoms with Crippen molar-refractivity contribution in [3.8, 4) is 5.75 Å². The smallest absolute Gasteiger partial charge is 0.128 e. The molecule has 68 valence electrons. The van der Waals surface area contributed by atoms with Crippen molar-refractivity contribution >= 4 is 50.0 Å². The van der Waals surface area contributed by atoms with Gasteiger partial charge < -0.3 is 4.74 Å². The van der Waals surface area contributed by atoms with Crippen LogP contribution in [-0.2, 0) is 0 Å². The van der Waals surface area contributed by atoms with Crippen molar-refractivity contribution in [3.05, 3.63) is 22.0 Å².